The molecule has 0 unspecified atom stereocenters. The Labute approximate surface area is 150 Å². The topological polar surface area (TPSA) is 97.5 Å². The fourth-order valence-electron chi connectivity index (χ4n) is 3.93. The summed E-state index contributed by atoms with van der Waals surface area (Å²) >= 11 is 0. The highest BCUT2D eigenvalue weighted by atomic mass is 16.5. The van der Waals surface area contributed by atoms with E-state index >= 15 is 0 Å². The zero-order valence-electron chi connectivity index (χ0n) is 14.2. The molecule has 1 fully saturated rings. The lowest BCUT2D eigenvalue weighted by molar-refractivity contribution is -0.151. The second-order valence-electron chi connectivity index (χ2n) is 6.94. The van der Waals surface area contributed by atoms with Crippen LogP contribution in [-0.2, 0) is 22.6 Å². The van der Waals surface area contributed by atoms with E-state index in [-0.39, 0.29) is 24.8 Å². The van der Waals surface area contributed by atoms with Crippen LogP contribution in [-0.4, -0.2) is 56.3 Å². The molecule has 1 aromatic carbocycles. The molecule has 2 aliphatic rings. The number of likely N-dealkylation sites (tertiary alicyclic amines) is 1. The summed E-state index contributed by atoms with van der Waals surface area (Å²) in [6.45, 7) is 1.34. The molecule has 26 heavy (non-hydrogen) atoms. The fraction of sp³-hybridized carbons (Fsp3) is 0.444. The highest BCUT2D eigenvalue weighted by molar-refractivity contribution is 5.81. The average Bonchev–Trinajstić information content (AvgIpc) is 3.25. The number of carboxylic acid groups (broad SMARTS) is 1. The van der Waals surface area contributed by atoms with E-state index in [0.717, 1.165) is 11.3 Å². The van der Waals surface area contributed by atoms with Gasteiger partial charge in [0.2, 0.25) is 5.91 Å². The molecule has 1 amide bonds. The number of hydrogen-bond donors (Lipinski definition) is 1. The van der Waals surface area contributed by atoms with E-state index in [2.05, 4.69) is 10.1 Å². The Morgan fingerprint density at radius 1 is 1.35 bits per heavy atom. The molecule has 4 rings (SSSR count). The largest absolute Gasteiger partial charge is 0.493 e. The average molecular weight is 356 g/mol. The van der Waals surface area contributed by atoms with E-state index < -0.39 is 11.4 Å². The predicted octanol–water partition coefficient (Wildman–Crippen LogP) is 0.833. The maximum atomic E-state index is 12.6. The van der Waals surface area contributed by atoms with Crippen molar-refractivity contribution in [1.82, 2.24) is 19.7 Å². The number of aliphatic carboxylic acids is 1. The summed E-state index contributed by atoms with van der Waals surface area (Å²) in [5.74, 6) is -0.425. The van der Waals surface area contributed by atoms with Crippen LogP contribution in [0.3, 0.4) is 0 Å². The Morgan fingerprint density at radius 3 is 2.96 bits per heavy atom. The summed E-state index contributed by atoms with van der Waals surface area (Å²) in [6.07, 6.45) is 3.62. The van der Waals surface area contributed by atoms with Gasteiger partial charge >= 0.3 is 5.97 Å². The van der Waals surface area contributed by atoms with Crippen LogP contribution >= 0.6 is 0 Å². The predicted molar refractivity (Wildman–Crippen MR) is 90.4 cm³/mol. The Hall–Kier alpha value is -2.90. The van der Waals surface area contributed by atoms with Crippen molar-refractivity contribution in [3.05, 3.63) is 42.5 Å². The number of nitrogens with zero attached hydrogens (tertiary/aromatic N) is 4. The third-order valence-corrected chi connectivity index (χ3v) is 5.41. The van der Waals surface area contributed by atoms with Crippen LogP contribution in [0.2, 0.25) is 0 Å². The van der Waals surface area contributed by atoms with Crippen LogP contribution in [0.25, 0.3) is 0 Å². The first-order valence-corrected chi connectivity index (χ1v) is 8.63. The highest BCUT2D eigenvalue weighted by Crippen LogP contribution is 2.44. The lowest BCUT2D eigenvalue weighted by Crippen LogP contribution is -2.42. The van der Waals surface area contributed by atoms with Gasteiger partial charge in [-0.25, -0.2) is 4.98 Å². The molecule has 2 aliphatic heterocycles. The third-order valence-electron chi connectivity index (χ3n) is 5.41. The Balaban J connectivity index is 1.53. The number of fused-ring (bicyclic) bond motifs is 2. The van der Waals surface area contributed by atoms with Crippen LogP contribution in [0.4, 0.5) is 0 Å². The van der Waals surface area contributed by atoms with Crippen molar-refractivity contribution >= 4 is 11.9 Å². The van der Waals surface area contributed by atoms with E-state index in [1.165, 1.54) is 6.33 Å². The van der Waals surface area contributed by atoms with E-state index in [9.17, 15) is 14.7 Å². The summed E-state index contributed by atoms with van der Waals surface area (Å²) in [6, 6.07) is 7.53. The van der Waals surface area contributed by atoms with Crippen molar-refractivity contribution in [3.63, 3.8) is 0 Å². The number of carboxylic acids is 1. The van der Waals surface area contributed by atoms with Crippen LogP contribution < -0.4 is 4.74 Å². The second-order valence-corrected chi connectivity index (χ2v) is 6.94. The van der Waals surface area contributed by atoms with Crippen LogP contribution in [0.5, 0.6) is 5.75 Å². The minimum Gasteiger partial charge on any atom is -0.493 e. The molecule has 8 nitrogen and oxygen atoms in total. The molecule has 1 aromatic heterocycles. The quantitative estimate of drug-likeness (QED) is 0.872. The van der Waals surface area contributed by atoms with E-state index in [0.29, 0.717) is 26.1 Å². The maximum absolute atomic E-state index is 12.6. The zero-order valence-corrected chi connectivity index (χ0v) is 14.2. The molecule has 0 spiro atoms. The molecule has 1 N–H and O–H groups in total. The van der Waals surface area contributed by atoms with Crippen molar-refractivity contribution in [2.45, 2.75) is 19.4 Å². The third kappa shape index (κ3) is 2.81. The van der Waals surface area contributed by atoms with Gasteiger partial charge in [0.1, 0.15) is 18.4 Å². The van der Waals surface area contributed by atoms with Gasteiger partial charge in [-0.2, -0.15) is 5.10 Å². The van der Waals surface area contributed by atoms with Crippen molar-refractivity contribution in [2.24, 2.45) is 11.3 Å². The number of carbonyl (C=O) groups excluding carboxylic acids is 1. The molecule has 0 radical (unpaired) electrons. The number of amides is 1. The van der Waals surface area contributed by atoms with Crippen LogP contribution in [0.1, 0.15) is 12.0 Å². The molecule has 0 bridgehead atoms. The molecule has 1 saturated heterocycles. The van der Waals surface area contributed by atoms with Gasteiger partial charge in [-0.05, 0) is 18.1 Å². The molecule has 3 heterocycles. The van der Waals surface area contributed by atoms with E-state index in [1.54, 1.807) is 15.9 Å². The number of ether oxygens (including phenoxy) is 1. The zero-order chi connectivity index (χ0) is 18.1. The molecule has 8 heteroatoms. The number of benzene rings is 1. The molecule has 136 valence electrons. The first kappa shape index (κ1) is 16.6. The van der Waals surface area contributed by atoms with Crippen molar-refractivity contribution in [2.75, 3.05) is 19.7 Å². The molecule has 0 saturated carbocycles. The Kier molecular flexibility index (Phi) is 4.10. The van der Waals surface area contributed by atoms with Gasteiger partial charge in [-0.3, -0.25) is 14.3 Å². The standard InChI is InChI=1S/C18H20N4O4/c23-16(5-6-22-12-19-11-20-22)21-8-14-9-26-15-4-2-1-3-13(15)7-18(14,10-21)17(24)25/h1-4,11-12,14H,5-10H2,(H,24,25)/t14-,18+/m0/s1. The monoisotopic (exact) mass is 356 g/mol. The van der Waals surface area contributed by atoms with Gasteiger partial charge in [-0.15, -0.1) is 0 Å². The molecule has 2 aromatic rings. The molecular weight excluding hydrogens is 336 g/mol. The van der Waals surface area contributed by atoms with Crippen LogP contribution in [0.15, 0.2) is 36.9 Å². The van der Waals surface area contributed by atoms with Crippen molar-refractivity contribution in [1.29, 1.82) is 0 Å². The number of aromatic nitrogens is 3. The Bertz CT molecular complexity index is 822. The lowest BCUT2D eigenvalue weighted by atomic mass is 9.74. The first-order chi connectivity index (χ1) is 12.6. The molecule has 0 aliphatic carbocycles. The van der Waals surface area contributed by atoms with Gasteiger partial charge in [0.15, 0.2) is 0 Å². The van der Waals surface area contributed by atoms with Gasteiger partial charge in [-0.1, -0.05) is 18.2 Å². The summed E-state index contributed by atoms with van der Waals surface area (Å²) in [4.78, 5) is 30.3. The second kappa shape index (κ2) is 6.44. The van der Waals surface area contributed by atoms with Crippen molar-refractivity contribution in [3.8, 4) is 5.75 Å². The SMILES string of the molecule is O=C(CCn1cncn1)N1C[C@H]2COc3ccccc3C[C@@]2(C(=O)O)C1. The normalized spacial score (nSPS) is 24.3. The van der Waals surface area contributed by atoms with Gasteiger partial charge in [0.05, 0.1) is 18.6 Å². The maximum Gasteiger partial charge on any atom is 0.312 e. The van der Waals surface area contributed by atoms with Gasteiger partial charge in [0.25, 0.3) is 0 Å². The number of rotatable bonds is 4. The summed E-state index contributed by atoms with van der Waals surface area (Å²) < 4.78 is 7.46. The molecule has 2 atom stereocenters. The highest BCUT2D eigenvalue weighted by Gasteiger charge is 2.55. The van der Waals surface area contributed by atoms with Gasteiger partial charge < -0.3 is 14.7 Å². The summed E-state index contributed by atoms with van der Waals surface area (Å²) in [5, 5.41) is 14.0. The van der Waals surface area contributed by atoms with E-state index in [1.807, 2.05) is 24.3 Å². The van der Waals surface area contributed by atoms with Crippen molar-refractivity contribution < 1.29 is 19.4 Å². The first-order valence-electron chi connectivity index (χ1n) is 8.63. The number of para-hydroxylation sites is 1. The van der Waals surface area contributed by atoms with E-state index in [4.69, 9.17) is 4.74 Å². The number of carbonyl (C=O) groups is 2. The number of hydrogen-bond acceptors (Lipinski definition) is 5. The lowest BCUT2D eigenvalue weighted by Gasteiger charge is -2.27. The smallest absolute Gasteiger partial charge is 0.312 e. The summed E-state index contributed by atoms with van der Waals surface area (Å²) in [5.41, 5.74) is -0.121. The fourth-order valence-corrected chi connectivity index (χ4v) is 3.93. The van der Waals surface area contributed by atoms with Crippen LogP contribution in [0, 0.1) is 11.3 Å². The minimum atomic E-state index is -1.00. The summed E-state index contributed by atoms with van der Waals surface area (Å²) in [7, 11) is 0. The number of aryl methyl sites for hydroxylation is 1. The van der Waals surface area contributed by atoms with Gasteiger partial charge in [0, 0.05) is 25.4 Å². The minimum absolute atomic E-state index is 0.0671. The molecular formula is C18H20N4O4. The Morgan fingerprint density at radius 2 is 2.19 bits per heavy atom.